The lowest BCUT2D eigenvalue weighted by atomic mass is 9.97. The zero-order valence-corrected chi connectivity index (χ0v) is 16.6. The lowest BCUT2D eigenvalue weighted by Crippen LogP contribution is -2.42. The van der Waals surface area contributed by atoms with Gasteiger partial charge in [0.15, 0.2) is 5.69 Å². The summed E-state index contributed by atoms with van der Waals surface area (Å²) in [6.07, 6.45) is 2.31. The minimum Gasteiger partial charge on any atom is -0.491 e. The molecule has 1 aromatic heterocycles. The number of amides is 1. The molecular formula is C20H29N5O2. The van der Waals surface area contributed by atoms with Crippen molar-refractivity contribution in [2.45, 2.75) is 39.7 Å². The molecule has 1 saturated heterocycles. The third-order valence-electron chi connectivity index (χ3n) is 4.85. The van der Waals surface area contributed by atoms with E-state index in [-0.39, 0.29) is 12.0 Å². The molecule has 0 spiro atoms. The van der Waals surface area contributed by atoms with E-state index < -0.39 is 0 Å². The largest absolute Gasteiger partial charge is 0.491 e. The van der Waals surface area contributed by atoms with Crippen LogP contribution in [0.1, 0.15) is 42.9 Å². The predicted octanol–water partition coefficient (Wildman–Crippen LogP) is 2.43. The Hall–Kier alpha value is -2.41. The Morgan fingerprint density at radius 2 is 2.07 bits per heavy atom. The van der Waals surface area contributed by atoms with Crippen molar-refractivity contribution in [3.05, 3.63) is 35.7 Å². The molecule has 0 bridgehead atoms. The highest BCUT2D eigenvalue weighted by molar-refractivity contribution is 5.93. The normalized spacial score (nSPS) is 17.4. The summed E-state index contributed by atoms with van der Waals surface area (Å²) in [5.74, 6) is 1.28. The first-order chi connectivity index (χ1) is 13.0. The van der Waals surface area contributed by atoms with Gasteiger partial charge in [0.2, 0.25) is 0 Å². The minimum atomic E-state index is -0.0284. The van der Waals surface area contributed by atoms with Crippen molar-refractivity contribution in [3.8, 4) is 11.4 Å². The third-order valence-corrected chi connectivity index (χ3v) is 4.85. The number of likely N-dealkylation sites (tertiary alicyclic amines) is 1. The van der Waals surface area contributed by atoms with Gasteiger partial charge in [-0.25, -0.2) is 4.68 Å². The fourth-order valence-electron chi connectivity index (χ4n) is 3.56. The number of rotatable bonds is 6. The molecule has 1 atom stereocenters. The summed E-state index contributed by atoms with van der Waals surface area (Å²) >= 11 is 0. The van der Waals surface area contributed by atoms with Gasteiger partial charge in [-0.3, -0.25) is 4.79 Å². The number of ether oxygens (including phenoxy) is 1. The lowest BCUT2D eigenvalue weighted by Gasteiger charge is -2.32. The number of benzene rings is 1. The monoisotopic (exact) mass is 371 g/mol. The number of nitrogens with zero attached hydrogens (tertiary/aromatic N) is 4. The number of hydrogen-bond acceptors (Lipinski definition) is 5. The van der Waals surface area contributed by atoms with Crippen LogP contribution in [0.3, 0.4) is 0 Å². The summed E-state index contributed by atoms with van der Waals surface area (Å²) in [6, 6.07) is 7.67. The second kappa shape index (κ2) is 8.52. The van der Waals surface area contributed by atoms with Crippen LogP contribution in [0.4, 0.5) is 0 Å². The van der Waals surface area contributed by atoms with Gasteiger partial charge >= 0.3 is 0 Å². The van der Waals surface area contributed by atoms with Gasteiger partial charge in [-0.2, -0.15) is 0 Å². The van der Waals surface area contributed by atoms with E-state index in [1.807, 2.05) is 57.0 Å². The van der Waals surface area contributed by atoms with Crippen molar-refractivity contribution >= 4 is 5.91 Å². The summed E-state index contributed by atoms with van der Waals surface area (Å²) in [5.41, 5.74) is 2.05. The zero-order valence-electron chi connectivity index (χ0n) is 16.6. The summed E-state index contributed by atoms with van der Waals surface area (Å²) in [5, 5.41) is 11.6. The molecule has 0 radical (unpaired) electrons. The average molecular weight is 371 g/mol. The van der Waals surface area contributed by atoms with E-state index in [0.717, 1.165) is 49.6 Å². The SMILES string of the molecule is CNCC1CCCN(C(=O)c2nnn(-c3ccc(OC(C)C)cc3)c2C)C1. The Bertz CT molecular complexity index is 767. The molecule has 0 saturated carbocycles. The summed E-state index contributed by atoms with van der Waals surface area (Å²) < 4.78 is 7.39. The number of carbonyl (C=O) groups is 1. The molecule has 2 heterocycles. The van der Waals surface area contributed by atoms with Crippen LogP contribution in [0, 0.1) is 12.8 Å². The Kier molecular flexibility index (Phi) is 6.11. The van der Waals surface area contributed by atoms with Crippen LogP contribution >= 0.6 is 0 Å². The summed E-state index contributed by atoms with van der Waals surface area (Å²) in [4.78, 5) is 14.9. The fraction of sp³-hybridized carbons (Fsp3) is 0.550. The molecular weight excluding hydrogens is 342 g/mol. The Balaban J connectivity index is 1.75. The van der Waals surface area contributed by atoms with Crippen molar-refractivity contribution in [1.29, 1.82) is 0 Å². The van der Waals surface area contributed by atoms with Crippen LogP contribution in [0.2, 0.25) is 0 Å². The van der Waals surface area contributed by atoms with Crippen molar-refractivity contribution in [2.24, 2.45) is 5.92 Å². The highest BCUT2D eigenvalue weighted by Gasteiger charge is 2.27. The van der Waals surface area contributed by atoms with Gasteiger partial charge in [0.25, 0.3) is 5.91 Å². The average Bonchev–Trinajstić information content (AvgIpc) is 3.03. The van der Waals surface area contributed by atoms with E-state index in [9.17, 15) is 4.79 Å². The molecule has 1 N–H and O–H groups in total. The maximum Gasteiger partial charge on any atom is 0.276 e. The van der Waals surface area contributed by atoms with Gasteiger partial charge in [0, 0.05) is 13.1 Å². The van der Waals surface area contributed by atoms with Crippen molar-refractivity contribution < 1.29 is 9.53 Å². The fourth-order valence-corrected chi connectivity index (χ4v) is 3.56. The van der Waals surface area contributed by atoms with Crippen LogP contribution in [-0.2, 0) is 0 Å². The van der Waals surface area contributed by atoms with Crippen LogP contribution < -0.4 is 10.1 Å². The number of nitrogens with one attached hydrogen (secondary N) is 1. The first kappa shape index (κ1) is 19.4. The second-order valence-electron chi connectivity index (χ2n) is 7.41. The van der Waals surface area contributed by atoms with E-state index in [4.69, 9.17) is 4.74 Å². The Morgan fingerprint density at radius 1 is 1.33 bits per heavy atom. The van der Waals surface area contributed by atoms with Gasteiger partial charge < -0.3 is 15.0 Å². The van der Waals surface area contributed by atoms with E-state index in [2.05, 4.69) is 15.6 Å². The molecule has 1 amide bonds. The van der Waals surface area contributed by atoms with E-state index in [1.54, 1.807) is 4.68 Å². The van der Waals surface area contributed by atoms with Crippen molar-refractivity contribution in [2.75, 3.05) is 26.7 Å². The third kappa shape index (κ3) is 4.47. The number of aromatic nitrogens is 3. The van der Waals surface area contributed by atoms with Crippen LogP contribution in [0.5, 0.6) is 5.75 Å². The highest BCUT2D eigenvalue weighted by atomic mass is 16.5. The maximum absolute atomic E-state index is 13.0. The van der Waals surface area contributed by atoms with Gasteiger partial charge in [-0.15, -0.1) is 5.10 Å². The molecule has 27 heavy (non-hydrogen) atoms. The first-order valence-electron chi connectivity index (χ1n) is 9.63. The quantitative estimate of drug-likeness (QED) is 0.844. The van der Waals surface area contributed by atoms with E-state index >= 15 is 0 Å². The predicted molar refractivity (Wildman–Crippen MR) is 104 cm³/mol. The smallest absolute Gasteiger partial charge is 0.276 e. The lowest BCUT2D eigenvalue weighted by molar-refractivity contribution is 0.0667. The molecule has 0 aliphatic carbocycles. The van der Waals surface area contributed by atoms with Crippen LogP contribution in [-0.4, -0.2) is 58.6 Å². The standard InChI is InChI=1S/C20H29N5O2/c1-14(2)27-18-9-7-17(8-10-18)25-15(3)19(22-23-25)20(26)24-11-5-6-16(13-24)12-21-4/h7-10,14,16,21H,5-6,11-13H2,1-4H3. The topological polar surface area (TPSA) is 72.3 Å². The molecule has 7 nitrogen and oxygen atoms in total. The molecule has 3 rings (SSSR count). The highest BCUT2D eigenvalue weighted by Crippen LogP contribution is 2.21. The van der Waals surface area contributed by atoms with E-state index in [1.165, 1.54) is 0 Å². The number of hydrogen-bond donors (Lipinski definition) is 1. The van der Waals surface area contributed by atoms with Gasteiger partial charge in [0.1, 0.15) is 5.75 Å². The molecule has 146 valence electrons. The Labute approximate surface area is 160 Å². The molecule has 1 unspecified atom stereocenters. The number of piperidine rings is 1. The van der Waals surface area contributed by atoms with Crippen LogP contribution in [0.15, 0.2) is 24.3 Å². The minimum absolute atomic E-state index is 0.0284. The molecule has 1 fully saturated rings. The molecule has 2 aromatic rings. The van der Waals surface area contributed by atoms with Crippen molar-refractivity contribution in [3.63, 3.8) is 0 Å². The first-order valence-corrected chi connectivity index (χ1v) is 9.63. The zero-order chi connectivity index (χ0) is 19.4. The summed E-state index contributed by atoms with van der Waals surface area (Å²) in [6.45, 7) is 8.37. The molecule has 1 aliphatic heterocycles. The second-order valence-corrected chi connectivity index (χ2v) is 7.41. The van der Waals surface area contributed by atoms with Gasteiger partial charge in [-0.1, -0.05) is 5.21 Å². The van der Waals surface area contributed by atoms with E-state index in [0.29, 0.717) is 11.6 Å². The van der Waals surface area contributed by atoms with Gasteiger partial charge in [0.05, 0.1) is 17.5 Å². The molecule has 1 aromatic carbocycles. The Morgan fingerprint density at radius 3 is 2.74 bits per heavy atom. The maximum atomic E-state index is 13.0. The van der Waals surface area contributed by atoms with Gasteiger partial charge in [-0.05, 0) is 77.4 Å². The molecule has 7 heteroatoms. The van der Waals surface area contributed by atoms with Crippen LogP contribution in [0.25, 0.3) is 5.69 Å². The number of carbonyl (C=O) groups excluding carboxylic acids is 1. The summed E-state index contributed by atoms with van der Waals surface area (Å²) in [7, 11) is 1.95. The van der Waals surface area contributed by atoms with Crippen molar-refractivity contribution in [1.82, 2.24) is 25.2 Å². The molecule has 1 aliphatic rings.